The zero-order chi connectivity index (χ0) is 27.2. The van der Waals surface area contributed by atoms with Crippen molar-refractivity contribution in [3.05, 3.63) is 58.7 Å². The highest BCUT2D eigenvalue weighted by atomic mass is 16.2. The first-order chi connectivity index (χ1) is 18.3. The molecule has 2 aromatic carbocycles. The summed E-state index contributed by atoms with van der Waals surface area (Å²) in [6.45, 7) is 8.63. The second-order valence-corrected chi connectivity index (χ2v) is 9.91. The quantitative estimate of drug-likeness (QED) is 0.528. The van der Waals surface area contributed by atoms with E-state index in [1.807, 2.05) is 41.3 Å². The third-order valence-corrected chi connectivity index (χ3v) is 6.91. The first-order valence-corrected chi connectivity index (χ1v) is 13.4. The second-order valence-electron chi connectivity index (χ2n) is 9.91. The number of fused-ring (bicyclic) bond motifs is 2. The molecule has 0 aliphatic carbocycles. The number of hydrogen-bond acceptors (Lipinski definition) is 5. The topological polar surface area (TPSA) is 108 Å². The highest BCUT2D eigenvalue weighted by molar-refractivity contribution is 6.05. The summed E-state index contributed by atoms with van der Waals surface area (Å²) in [6.07, 6.45) is 4.82. The van der Waals surface area contributed by atoms with Crippen LogP contribution in [0.15, 0.2) is 47.0 Å². The Balaban J connectivity index is 1.57. The van der Waals surface area contributed by atoms with Crippen molar-refractivity contribution in [3.63, 3.8) is 0 Å². The molecule has 0 bridgehead atoms. The van der Waals surface area contributed by atoms with E-state index in [1.54, 1.807) is 4.90 Å². The lowest BCUT2D eigenvalue weighted by atomic mass is 9.93. The Morgan fingerprint density at radius 1 is 1.08 bits per heavy atom. The number of aliphatic imine (C=N–C) groups is 1. The lowest BCUT2D eigenvalue weighted by molar-refractivity contribution is -0.127. The average Bonchev–Trinajstić information content (AvgIpc) is 3.06. The SMILES string of the molecule is CCCN(CCC)C(=O)C1=Cc2ccc(-c3ccc4c(c3)CCN(CCNC(C)=O)C4=O)cc2N=C(N)C1. The van der Waals surface area contributed by atoms with Crippen LogP contribution < -0.4 is 11.1 Å². The van der Waals surface area contributed by atoms with E-state index in [4.69, 9.17) is 5.73 Å². The number of nitrogens with zero attached hydrogens (tertiary/aromatic N) is 3. The van der Waals surface area contributed by atoms with Gasteiger partial charge in [-0.05, 0) is 54.2 Å². The smallest absolute Gasteiger partial charge is 0.254 e. The molecule has 0 fully saturated rings. The standard InChI is InChI=1S/C30H37N5O3/c1-4-12-34(13-5-2)29(37)25-17-24-7-6-22(18-27(24)33-28(31)19-25)21-8-9-26-23(16-21)10-14-35(30(26)38)15-11-32-20(3)36/h6-9,16-18H,4-5,10-15,19H2,1-3H3,(H2,31,33)(H,32,36). The fourth-order valence-corrected chi connectivity index (χ4v) is 5.06. The summed E-state index contributed by atoms with van der Waals surface area (Å²) in [6, 6.07) is 11.9. The normalized spacial score (nSPS) is 14.6. The van der Waals surface area contributed by atoms with Gasteiger partial charge in [-0.3, -0.25) is 14.4 Å². The largest absolute Gasteiger partial charge is 0.387 e. The summed E-state index contributed by atoms with van der Waals surface area (Å²) < 4.78 is 0. The molecule has 2 aliphatic rings. The van der Waals surface area contributed by atoms with Crippen LogP contribution in [0.4, 0.5) is 5.69 Å². The lowest BCUT2D eigenvalue weighted by Gasteiger charge is -2.29. The molecule has 200 valence electrons. The number of carbonyl (C=O) groups excluding carboxylic acids is 3. The maximum atomic E-state index is 13.2. The van der Waals surface area contributed by atoms with Crippen molar-refractivity contribution in [2.75, 3.05) is 32.7 Å². The van der Waals surface area contributed by atoms with E-state index in [-0.39, 0.29) is 17.7 Å². The summed E-state index contributed by atoms with van der Waals surface area (Å²) in [4.78, 5) is 45.7. The first kappa shape index (κ1) is 27.1. The van der Waals surface area contributed by atoms with Crippen LogP contribution in [0.1, 0.15) is 61.5 Å². The number of nitrogens with two attached hydrogens (primary N) is 1. The number of rotatable bonds is 9. The van der Waals surface area contributed by atoms with Crippen LogP contribution in [-0.4, -0.2) is 66.1 Å². The van der Waals surface area contributed by atoms with Gasteiger partial charge in [-0.25, -0.2) is 4.99 Å². The Labute approximate surface area is 224 Å². The van der Waals surface area contributed by atoms with Gasteiger partial charge in [0.1, 0.15) is 5.84 Å². The van der Waals surface area contributed by atoms with Crippen molar-refractivity contribution in [2.24, 2.45) is 10.7 Å². The Hall–Kier alpha value is -3.94. The molecular weight excluding hydrogens is 478 g/mol. The van der Waals surface area contributed by atoms with Crippen molar-refractivity contribution in [3.8, 4) is 11.1 Å². The molecule has 0 saturated heterocycles. The van der Waals surface area contributed by atoms with Crippen LogP contribution in [-0.2, 0) is 16.0 Å². The average molecular weight is 516 g/mol. The molecule has 0 saturated carbocycles. The molecule has 8 nitrogen and oxygen atoms in total. The van der Waals surface area contributed by atoms with Crippen LogP contribution in [0.3, 0.4) is 0 Å². The van der Waals surface area contributed by atoms with Gasteiger partial charge in [0.05, 0.1) is 5.69 Å². The zero-order valence-corrected chi connectivity index (χ0v) is 22.5. The number of nitrogens with one attached hydrogen (secondary N) is 1. The Kier molecular flexibility index (Phi) is 8.61. The fraction of sp³-hybridized carbons (Fsp3) is 0.400. The predicted octanol–water partition coefficient (Wildman–Crippen LogP) is 3.91. The zero-order valence-electron chi connectivity index (χ0n) is 22.5. The van der Waals surface area contributed by atoms with Crippen LogP contribution in [0, 0.1) is 0 Å². The molecule has 0 radical (unpaired) electrons. The van der Waals surface area contributed by atoms with Crippen molar-refractivity contribution in [1.82, 2.24) is 15.1 Å². The Morgan fingerprint density at radius 2 is 1.79 bits per heavy atom. The maximum Gasteiger partial charge on any atom is 0.254 e. The van der Waals surface area contributed by atoms with Gasteiger partial charge < -0.3 is 20.9 Å². The number of amidine groups is 1. The molecule has 3 N–H and O–H groups in total. The Bertz CT molecular complexity index is 1290. The molecule has 2 aromatic rings. The number of amides is 3. The highest BCUT2D eigenvalue weighted by Gasteiger charge is 2.25. The van der Waals surface area contributed by atoms with E-state index < -0.39 is 0 Å². The van der Waals surface area contributed by atoms with E-state index in [9.17, 15) is 14.4 Å². The van der Waals surface area contributed by atoms with Gasteiger partial charge in [-0.1, -0.05) is 38.1 Å². The van der Waals surface area contributed by atoms with Gasteiger partial charge in [-0.15, -0.1) is 0 Å². The van der Waals surface area contributed by atoms with Crippen molar-refractivity contribution in [1.29, 1.82) is 0 Å². The molecule has 4 rings (SSSR count). The van der Waals surface area contributed by atoms with E-state index in [0.29, 0.717) is 43.0 Å². The van der Waals surface area contributed by atoms with Gasteiger partial charge in [0, 0.05) is 62.8 Å². The van der Waals surface area contributed by atoms with E-state index in [1.165, 1.54) is 6.92 Å². The van der Waals surface area contributed by atoms with Gasteiger partial charge in [0.15, 0.2) is 0 Å². The minimum absolute atomic E-state index is 0.00928. The third-order valence-electron chi connectivity index (χ3n) is 6.91. The first-order valence-electron chi connectivity index (χ1n) is 13.4. The number of benzene rings is 2. The van der Waals surface area contributed by atoms with Crippen LogP contribution >= 0.6 is 0 Å². The molecule has 2 aliphatic heterocycles. The molecule has 8 heteroatoms. The summed E-state index contributed by atoms with van der Waals surface area (Å²) >= 11 is 0. The molecule has 0 atom stereocenters. The summed E-state index contributed by atoms with van der Waals surface area (Å²) in [7, 11) is 0. The fourth-order valence-electron chi connectivity index (χ4n) is 5.06. The minimum atomic E-state index is -0.0976. The molecule has 0 unspecified atom stereocenters. The molecular formula is C30H37N5O3. The predicted molar refractivity (Wildman–Crippen MR) is 151 cm³/mol. The number of hydrogen-bond donors (Lipinski definition) is 2. The second kappa shape index (κ2) is 12.1. The minimum Gasteiger partial charge on any atom is -0.387 e. The lowest BCUT2D eigenvalue weighted by Crippen LogP contribution is -2.42. The van der Waals surface area contributed by atoms with Gasteiger partial charge in [0.25, 0.3) is 5.91 Å². The van der Waals surface area contributed by atoms with Crippen LogP contribution in [0.2, 0.25) is 0 Å². The highest BCUT2D eigenvalue weighted by Crippen LogP contribution is 2.33. The third kappa shape index (κ3) is 6.13. The molecule has 3 amide bonds. The van der Waals surface area contributed by atoms with Gasteiger partial charge in [0.2, 0.25) is 11.8 Å². The van der Waals surface area contributed by atoms with E-state index >= 15 is 0 Å². The molecule has 0 aromatic heterocycles. The monoisotopic (exact) mass is 515 g/mol. The van der Waals surface area contributed by atoms with E-state index in [0.717, 1.165) is 60.3 Å². The van der Waals surface area contributed by atoms with E-state index in [2.05, 4.69) is 30.2 Å². The molecule has 38 heavy (non-hydrogen) atoms. The van der Waals surface area contributed by atoms with Crippen molar-refractivity contribution < 1.29 is 14.4 Å². The summed E-state index contributed by atoms with van der Waals surface area (Å²) in [5.74, 6) is 0.336. The van der Waals surface area contributed by atoms with Crippen LogP contribution in [0.5, 0.6) is 0 Å². The number of carbonyl (C=O) groups is 3. The van der Waals surface area contributed by atoms with Gasteiger partial charge >= 0.3 is 0 Å². The summed E-state index contributed by atoms with van der Waals surface area (Å²) in [5.41, 5.74) is 12.2. The maximum absolute atomic E-state index is 13.2. The Morgan fingerprint density at radius 3 is 2.50 bits per heavy atom. The molecule has 2 heterocycles. The van der Waals surface area contributed by atoms with Crippen LogP contribution in [0.25, 0.3) is 17.2 Å². The van der Waals surface area contributed by atoms with Crippen molar-refractivity contribution in [2.45, 2.75) is 46.5 Å². The van der Waals surface area contributed by atoms with Crippen molar-refractivity contribution >= 4 is 35.3 Å². The van der Waals surface area contributed by atoms with Gasteiger partial charge in [-0.2, -0.15) is 0 Å². The summed E-state index contributed by atoms with van der Waals surface area (Å²) in [5, 5.41) is 2.75. The molecule has 0 spiro atoms.